The van der Waals surface area contributed by atoms with Crippen molar-refractivity contribution in [2.45, 2.75) is 31.7 Å². The van der Waals surface area contributed by atoms with Gasteiger partial charge in [-0.1, -0.05) is 0 Å². The van der Waals surface area contributed by atoms with Gasteiger partial charge in [-0.15, -0.1) is 0 Å². The number of fused-ring (bicyclic) bond motifs is 4. The maximum atomic E-state index is 6.17. The molecule has 2 atom stereocenters. The topological polar surface area (TPSA) is 140 Å². The fourth-order valence-corrected chi connectivity index (χ4v) is 4.78. The van der Waals surface area contributed by atoms with Gasteiger partial charge < -0.3 is 20.8 Å². The first-order valence-corrected chi connectivity index (χ1v) is 10.1. The van der Waals surface area contributed by atoms with Crippen LogP contribution in [0.1, 0.15) is 30.3 Å². The number of anilines is 1. The lowest BCUT2D eigenvalue weighted by Gasteiger charge is -2.15. The molecular weight excluding hydrogens is 382 g/mol. The largest absolute Gasteiger partial charge is 0.421 e. The zero-order valence-corrected chi connectivity index (χ0v) is 16.6. The van der Waals surface area contributed by atoms with Crippen molar-refractivity contribution in [3.63, 3.8) is 0 Å². The smallest absolute Gasteiger partial charge is 0.324 e. The van der Waals surface area contributed by atoms with E-state index in [-0.39, 0.29) is 6.01 Å². The van der Waals surface area contributed by atoms with Gasteiger partial charge >= 0.3 is 6.01 Å². The number of nitrogens with one attached hydrogen (secondary N) is 2. The van der Waals surface area contributed by atoms with Crippen LogP contribution in [0, 0.1) is 18.8 Å². The highest BCUT2D eigenvalue weighted by atomic mass is 16.5. The van der Waals surface area contributed by atoms with Gasteiger partial charge in [0.15, 0.2) is 11.6 Å². The van der Waals surface area contributed by atoms with Crippen molar-refractivity contribution in [1.29, 1.82) is 0 Å². The summed E-state index contributed by atoms with van der Waals surface area (Å²) in [4.78, 5) is 30.0. The predicted molar refractivity (Wildman–Crippen MR) is 110 cm³/mol. The van der Waals surface area contributed by atoms with Crippen molar-refractivity contribution < 1.29 is 4.74 Å². The average molecular weight is 403 g/mol. The van der Waals surface area contributed by atoms with Crippen LogP contribution in [-0.4, -0.2) is 48.0 Å². The van der Waals surface area contributed by atoms with E-state index in [4.69, 9.17) is 15.5 Å². The number of rotatable bonds is 4. The summed E-state index contributed by atoms with van der Waals surface area (Å²) in [5.74, 6) is 3.36. The minimum Gasteiger partial charge on any atom is -0.421 e. The molecule has 4 aromatic heterocycles. The molecule has 2 saturated carbocycles. The molecule has 0 radical (unpaired) electrons. The Morgan fingerprint density at radius 2 is 1.87 bits per heavy atom. The summed E-state index contributed by atoms with van der Waals surface area (Å²) in [7, 11) is 1.83. The molecule has 0 saturated heterocycles. The molecular formula is C20H21N9O. The van der Waals surface area contributed by atoms with Crippen molar-refractivity contribution in [2.75, 3.05) is 12.4 Å². The Labute approximate surface area is 171 Å². The predicted octanol–water partition coefficient (Wildman–Crippen LogP) is 2.28. The molecule has 0 aromatic carbocycles. The standard InChI is InChI=1S/C20H21N9O/c1-8-23-5-10(6-24-8)30-20-28-15(9-3-11-12(4-9)14(11)21)13-16-17(27-18(13)29-20)19(22-2)26-7-25-16/h5-7,9,11-12,14H,3-4,21H2,1-2H3,(H,22,25,26)(H,27,28,29). The average Bonchev–Trinajstić information content (AvgIpc) is 3.13. The second-order valence-electron chi connectivity index (χ2n) is 8.08. The molecule has 10 nitrogen and oxygen atoms in total. The number of H-pyrrole nitrogens is 1. The molecule has 0 aliphatic heterocycles. The Balaban J connectivity index is 1.51. The van der Waals surface area contributed by atoms with E-state index in [2.05, 4.69) is 35.2 Å². The fourth-order valence-electron chi connectivity index (χ4n) is 4.78. The molecule has 30 heavy (non-hydrogen) atoms. The summed E-state index contributed by atoms with van der Waals surface area (Å²) in [5, 5.41) is 4.03. The first-order chi connectivity index (χ1) is 14.6. The van der Waals surface area contributed by atoms with Crippen LogP contribution >= 0.6 is 0 Å². The lowest BCUT2D eigenvalue weighted by atomic mass is 9.96. The van der Waals surface area contributed by atoms with Crippen LogP contribution in [0.5, 0.6) is 11.8 Å². The van der Waals surface area contributed by atoms with Gasteiger partial charge in [0.2, 0.25) is 0 Å². The number of aromatic nitrogens is 7. The molecule has 4 aromatic rings. The first-order valence-electron chi connectivity index (χ1n) is 10.1. The fraction of sp³-hybridized carbons (Fsp3) is 0.400. The van der Waals surface area contributed by atoms with E-state index in [1.54, 1.807) is 18.7 Å². The van der Waals surface area contributed by atoms with E-state index in [0.717, 1.165) is 40.8 Å². The molecule has 152 valence electrons. The molecule has 10 heteroatoms. The SMILES string of the molecule is CNc1ncnc2c1[nH]c1nc(Oc3cnc(C)nc3)nc(C3CC4C(N)C4C3)c12. The third kappa shape index (κ3) is 2.60. The molecule has 2 aliphatic carbocycles. The van der Waals surface area contributed by atoms with Gasteiger partial charge in [-0.3, -0.25) is 0 Å². The van der Waals surface area contributed by atoms with Crippen LogP contribution in [0.15, 0.2) is 18.7 Å². The minimum absolute atomic E-state index is 0.264. The van der Waals surface area contributed by atoms with Crippen LogP contribution in [0.4, 0.5) is 5.82 Å². The highest BCUT2D eigenvalue weighted by Gasteiger charge is 2.54. The molecule has 2 aliphatic rings. The molecule has 2 unspecified atom stereocenters. The number of nitrogens with two attached hydrogens (primary N) is 1. The van der Waals surface area contributed by atoms with E-state index < -0.39 is 0 Å². The normalized spacial score (nSPS) is 24.9. The Morgan fingerprint density at radius 3 is 2.60 bits per heavy atom. The first kappa shape index (κ1) is 17.5. The van der Waals surface area contributed by atoms with Gasteiger partial charge in [-0.05, 0) is 31.6 Å². The molecule has 0 spiro atoms. The van der Waals surface area contributed by atoms with Crippen molar-refractivity contribution >= 4 is 27.9 Å². The minimum atomic E-state index is 0.264. The molecule has 2 fully saturated rings. The van der Waals surface area contributed by atoms with Crippen LogP contribution in [0.25, 0.3) is 22.1 Å². The van der Waals surface area contributed by atoms with E-state index >= 15 is 0 Å². The lowest BCUT2D eigenvalue weighted by Crippen LogP contribution is -2.12. The zero-order valence-electron chi connectivity index (χ0n) is 16.6. The van der Waals surface area contributed by atoms with Gasteiger partial charge in [0, 0.05) is 19.0 Å². The molecule has 0 amide bonds. The number of hydrogen-bond donors (Lipinski definition) is 3. The molecule has 6 rings (SSSR count). The maximum absolute atomic E-state index is 6.17. The van der Waals surface area contributed by atoms with Gasteiger partial charge in [-0.2, -0.15) is 9.97 Å². The third-order valence-corrected chi connectivity index (χ3v) is 6.35. The van der Waals surface area contributed by atoms with Crippen molar-refractivity contribution in [1.82, 2.24) is 34.9 Å². The number of aromatic amines is 1. The third-order valence-electron chi connectivity index (χ3n) is 6.35. The Hall–Kier alpha value is -3.40. The molecule has 4 heterocycles. The van der Waals surface area contributed by atoms with Crippen LogP contribution in [-0.2, 0) is 0 Å². The van der Waals surface area contributed by atoms with Crippen molar-refractivity contribution in [2.24, 2.45) is 17.6 Å². The summed E-state index contributed by atoms with van der Waals surface area (Å²) in [5.41, 5.74) is 9.43. The quantitative estimate of drug-likeness (QED) is 0.468. The second kappa shape index (κ2) is 6.30. The van der Waals surface area contributed by atoms with Gasteiger partial charge in [0.05, 0.1) is 23.5 Å². The van der Waals surface area contributed by atoms with Crippen molar-refractivity contribution in [3.8, 4) is 11.8 Å². The Bertz CT molecular complexity index is 1260. The van der Waals surface area contributed by atoms with Gasteiger partial charge in [-0.25, -0.2) is 19.9 Å². The Morgan fingerprint density at radius 1 is 1.10 bits per heavy atom. The zero-order chi connectivity index (χ0) is 20.4. The highest BCUT2D eigenvalue weighted by Crippen LogP contribution is 2.57. The van der Waals surface area contributed by atoms with Crippen LogP contribution < -0.4 is 15.8 Å². The molecule has 0 bridgehead atoms. The maximum Gasteiger partial charge on any atom is 0.324 e. The number of aryl methyl sites for hydroxylation is 1. The van der Waals surface area contributed by atoms with E-state index in [9.17, 15) is 0 Å². The summed E-state index contributed by atoms with van der Waals surface area (Å²) in [6.45, 7) is 1.82. The summed E-state index contributed by atoms with van der Waals surface area (Å²) in [6, 6.07) is 0.598. The van der Waals surface area contributed by atoms with Gasteiger partial charge in [0.1, 0.15) is 28.8 Å². The van der Waals surface area contributed by atoms with E-state index in [0.29, 0.717) is 41.0 Å². The highest BCUT2D eigenvalue weighted by molar-refractivity contribution is 6.08. The second-order valence-corrected chi connectivity index (χ2v) is 8.08. The van der Waals surface area contributed by atoms with Gasteiger partial charge in [0.25, 0.3) is 0 Å². The van der Waals surface area contributed by atoms with Crippen LogP contribution in [0.2, 0.25) is 0 Å². The van der Waals surface area contributed by atoms with Crippen LogP contribution in [0.3, 0.4) is 0 Å². The number of nitrogens with zero attached hydrogens (tertiary/aromatic N) is 6. The number of ether oxygens (including phenoxy) is 1. The van der Waals surface area contributed by atoms with Crippen molar-refractivity contribution in [3.05, 3.63) is 30.2 Å². The summed E-state index contributed by atoms with van der Waals surface area (Å²) >= 11 is 0. The summed E-state index contributed by atoms with van der Waals surface area (Å²) < 4.78 is 5.91. The Kier molecular flexibility index (Phi) is 3.66. The monoisotopic (exact) mass is 403 g/mol. The van der Waals surface area contributed by atoms with E-state index in [1.165, 1.54) is 0 Å². The lowest BCUT2D eigenvalue weighted by molar-refractivity contribution is 0.433. The van der Waals surface area contributed by atoms with E-state index in [1.807, 2.05) is 14.0 Å². The molecule has 4 N–H and O–H groups in total. The number of hydrogen-bond acceptors (Lipinski definition) is 9. The summed E-state index contributed by atoms with van der Waals surface area (Å²) in [6.07, 6.45) is 6.86.